The van der Waals surface area contributed by atoms with Crippen LogP contribution in [0.3, 0.4) is 0 Å². The first-order valence-electron chi connectivity index (χ1n) is 24.7. The summed E-state index contributed by atoms with van der Waals surface area (Å²) in [5.41, 5.74) is 5.39. The predicted molar refractivity (Wildman–Crippen MR) is 265 cm³/mol. The molecule has 0 bridgehead atoms. The summed E-state index contributed by atoms with van der Waals surface area (Å²) in [5.74, 6) is -0.344. The maximum absolute atomic E-state index is 12.7. The van der Waals surface area contributed by atoms with Crippen LogP contribution in [0.4, 0.5) is 0 Å². The number of esters is 1. The average Bonchev–Trinajstić information content (AvgIpc) is 3.26. The van der Waals surface area contributed by atoms with E-state index < -0.39 is 13.9 Å². The molecular formula is C53H92NO7P. The number of ether oxygens (including phenoxy) is 2. The average molecular weight is 886 g/mol. The maximum Gasteiger partial charge on any atom is 0.472 e. The first-order chi connectivity index (χ1) is 30.4. The number of hydrogen-bond donors (Lipinski definition) is 2. The van der Waals surface area contributed by atoms with Gasteiger partial charge in [0.1, 0.15) is 6.10 Å². The first-order valence-corrected chi connectivity index (χ1v) is 26.2. The van der Waals surface area contributed by atoms with Gasteiger partial charge in [-0.15, -0.1) is 0 Å². The van der Waals surface area contributed by atoms with E-state index in [1.807, 2.05) is 0 Å². The second-order valence-corrected chi connectivity index (χ2v) is 17.4. The molecular weight excluding hydrogens is 794 g/mol. The summed E-state index contributed by atoms with van der Waals surface area (Å²) in [6.45, 7) is 4.66. The fourth-order valence-corrected chi connectivity index (χ4v) is 7.21. The summed E-state index contributed by atoms with van der Waals surface area (Å²) in [4.78, 5) is 22.6. The smallest absolute Gasteiger partial charge is 0.457 e. The molecule has 0 saturated carbocycles. The highest BCUT2D eigenvalue weighted by Gasteiger charge is 2.25. The van der Waals surface area contributed by atoms with Gasteiger partial charge in [0.05, 0.1) is 19.8 Å². The highest BCUT2D eigenvalue weighted by atomic mass is 31.2. The third-order valence-corrected chi connectivity index (χ3v) is 11.0. The highest BCUT2D eigenvalue weighted by molar-refractivity contribution is 7.47. The van der Waals surface area contributed by atoms with E-state index in [-0.39, 0.29) is 32.3 Å². The SMILES string of the molecule is CC/C=C\C/C=C\C/C=C\C/C=C\CCCCCCCCCCCOCC(COP(=O)(O)OCCN)OC(=O)CCCCCCCCCC/C=C\C/C=C\C/C=C\C/C=C\CC. The molecule has 0 saturated heterocycles. The zero-order valence-corrected chi connectivity index (χ0v) is 40.5. The molecule has 0 aliphatic heterocycles. The molecule has 0 aromatic rings. The zero-order valence-electron chi connectivity index (χ0n) is 39.6. The second kappa shape index (κ2) is 49.4. The Kier molecular flexibility index (Phi) is 47.4. The van der Waals surface area contributed by atoms with E-state index in [9.17, 15) is 14.3 Å². The number of allylic oxidation sites excluding steroid dienone is 16. The minimum Gasteiger partial charge on any atom is -0.457 e. The van der Waals surface area contributed by atoms with Crippen molar-refractivity contribution >= 4 is 13.8 Å². The Morgan fingerprint density at radius 1 is 0.484 bits per heavy atom. The maximum atomic E-state index is 12.7. The van der Waals surface area contributed by atoms with Gasteiger partial charge in [-0.25, -0.2) is 4.57 Å². The van der Waals surface area contributed by atoms with Crippen LogP contribution >= 0.6 is 7.82 Å². The lowest BCUT2D eigenvalue weighted by Crippen LogP contribution is -2.28. The van der Waals surface area contributed by atoms with Gasteiger partial charge >= 0.3 is 13.8 Å². The van der Waals surface area contributed by atoms with Gasteiger partial charge in [0.15, 0.2) is 0 Å². The van der Waals surface area contributed by atoms with Gasteiger partial charge < -0.3 is 20.1 Å². The molecule has 0 radical (unpaired) electrons. The van der Waals surface area contributed by atoms with E-state index in [2.05, 4.69) is 111 Å². The van der Waals surface area contributed by atoms with Crippen molar-refractivity contribution in [1.82, 2.24) is 0 Å². The van der Waals surface area contributed by atoms with E-state index in [0.717, 1.165) is 89.9 Å². The van der Waals surface area contributed by atoms with Crippen LogP contribution in [-0.2, 0) is 27.9 Å². The van der Waals surface area contributed by atoms with Crippen LogP contribution in [0.15, 0.2) is 97.2 Å². The van der Waals surface area contributed by atoms with E-state index in [1.54, 1.807) is 0 Å². The van der Waals surface area contributed by atoms with Crippen molar-refractivity contribution in [3.63, 3.8) is 0 Å². The van der Waals surface area contributed by atoms with Crippen molar-refractivity contribution in [3.05, 3.63) is 97.2 Å². The van der Waals surface area contributed by atoms with E-state index in [1.165, 1.54) is 83.5 Å². The van der Waals surface area contributed by atoms with Crippen molar-refractivity contribution < 1.29 is 32.8 Å². The van der Waals surface area contributed by atoms with Crippen molar-refractivity contribution in [2.75, 3.05) is 33.0 Å². The molecule has 0 fully saturated rings. The lowest BCUT2D eigenvalue weighted by molar-refractivity contribution is -0.154. The summed E-state index contributed by atoms with van der Waals surface area (Å²) in [6.07, 6.45) is 65.7. The van der Waals surface area contributed by atoms with Crippen molar-refractivity contribution in [3.8, 4) is 0 Å². The molecule has 0 aliphatic rings. The van der Waals surface area contributed by atoms with Crippen LogP contribution in [0.2, 0.25) is 0 Å². The minimum atomic E-state index is -4.29. The quantitative estimate of drug-likeness (QED) is 0.0269. The van der Waals surface area contributed by atoms with Gasteiger partial charge in [-0.3, -0.25) is 13.8 Å². The molecule has 0 amide bonds. The van der Waals surface area contributed by atoms with Gasteiger partial charge in [-0.1, -0.05) is 195 Å². The number of phosphoric ester groups is 1. The Bertz CT molecular complexity index is 1270. The fraction of sp³-hybridized carbons (Fsp3) is 0.679. The van der Waals surface area contributed by atoms with Crippen LogP contribution in [0, 0.1) is 0 Å². The van der Waals surface area contributed by atoms with E-state index >= 15 is 0 Å². The van der Waals surface area contributed by atoms with Gasteiger partial charge in [0.2, 0.25) is 0 Å². The van der Waals surface area contributed by atoms with Crippen LogP contribution < -0.4 is 5.73 Å². The number of carbonyl (C=O) groups excluding carboxylic acids is 1. The molecule has 8 nitrogen and oxygen atoms in total. The molecule has 2 atom stereocenters. The van der Waals surface area contributed by atoms with Crippen molar-refractivity contribution in [2.24, 2.45) is 5.73 Å². The summed E-state index contributed by atoms with van der Waals surface area (Å²) < 4.78 is 33.6. The summed E-state index contributed by atoms with van der Waals surface area (Å²) >= 11 is 0. The Labute approximate surface area is 380 Å². The van der Waals surface area contributed by atoms with E-state index in [4.69, 9.17) is 24.3 Å². The van der Waals surface area contributed by atoms with Crippen LogP contribution in [-0.4, -0.2) is 49.9 Å². The summed E-state index contributed by atoms with van der Waals surface area (Å²) in [6, 6.07) is 0. The number of carbonyl (C=O) groups is 1. The third kappa shape index (κ3) is 48.5. The lowest BCUT2D eigenvalue weighted by Gasteiger charge is -2.20. The standard InChI is InChI=1S/C53H92NO7P/c1-3-5-7-9-11-13-15-17-19-21-23-25-27-29-31-33-35-37-39-41-43-45-48-58-50-52(51-60-62(56,57)59-49-47-54)61-53(55)46-44-42-40-38-36-34-32-30-28-26-24-22-20-18-16-14-12-10-8-6-4-2/h5-8,11-14,17-20,23-26,52H,3-4,9-10,15-16,21-22,27-51,54H2,1-2H3,(H,56,57)/b7-5-,8-6-,13-11-,14-12-,19-17-,20-18-,25-23-,26-24-. The van der Waals surface area contributed by atoms with E-state index in [0.29, 0.717) is 13.0 Å². The number of unbranched alkanes of at least 4 members (excludes halogenated alkanes) is 17. The van der Waals surface area contributed by atoms with Gasteiger partial charge in [0.25, 0.3) is 0 Å². The Morgan fingerprint density at radius 3 is 1.27 bits per heavy atom. The molecule has 2 unspecified atom stereocenters. The molecule has 9 heteroatoms. The lowest BCUT2D eigenvalue weighted by atomic mass is 10.1. The zero-order chi connectivity index (χ0) is 45.1. The molecule has 0 aromatic heterocycles. The molecule has 3 N–H and O–H groups in total. The van der Waals surface area contributed by atoms with Gasteiger partial charge in [0, 0.05) is 19.6 Å². The minimum absolute atomic E-state index is 0.0926. The molecule has 0 heterocycles. The van der Waals surface area contributed by atoms with Crippen molar-refractivity contribution in [2.45, 2.75) is 200 Å². The molecule has 356 valence electrons. The Hall–Kier alpha value is -2.58. The first kappa shape index (κ1) is 59.4. The Morgan fingerprint density at radius 2 is 0.855 bits per heavy atom. The monoisotopic (exact) mass is 886 g/mol. The number of nitrogens with two attached hydrogens (primary N) is 1. The number of hydrogen-bond acceptors (Lipinski definition) is 7. The molecule has 0 aliphatic carbocycles. The number of rotatable bonds is 46. The highest BCUT2D eigenvalue weighted by Crippen LogP contribution is 2.43. The van der Waals surface area contributed by atoms with Crippen LogP contribution in [0.25, 0.3) is 0 Å². The predicted octanol–water partition coefficient (Wildman–Crippen LogP) is 15.4. The second-order valence-electron chi connectivity index (χ2n) is 15.9. The van der Waals surface area contributed by atoms with Crippen molar-refractivity contribution in [1.29, 1.82) is 0 Å². The largest absolute Gasteiger partial charge is 0.472 e. The summed E-state index contributed by atoms with van der Waals surface area (Å²) in [7, 11) is -4.29. The topological polar surface area (TPSA) is 117 Å². The van der Waals surface area contributed by atoms with Crippen LogP contribution in [0.5, 0.6) is 0 Å². The van der Waals surface area contributed by atoms with Crippen LogP contribution in [0.1, 0.15) is 194 Å². The molecule has 0 rings (SSSR count). The Balaban J connectivity index is 4.01. The molecule has 0 spiro atoms. The fourth-order valence-electron chi connectivity index (χ4n) is 6.45. The van der Waals surface area contributed by atoms with Gasteiger partial charge in [-0.2, -0.15) is 0 Å². The normalized spacial score (nSPS) is 14.2. The third-order valence-electron chi connectivity index (χ3n) is 10.00. The summed E-state index contributed by atoms with van der Waals surface area (Å²) in [5, 5.41) is 0. The van der Waals surface area contributed by atoms with Gasteiger partial charge in [-0.05, 0) is 89.9 Å². The molecule has 0 aromatic carbocycles. The molecule has 62 heavy (non-hydrogen) atoms. The number of phosphoric acid groups is 1.